The molecule has 2 aromatic carbocycles. The number of aryl methyl sites for hydroxylation is 1. The van der Waals surface area contributed by atoms with E-state index in [0.29, 0.717) is 41.6 Å². The van der Waals surface area contributed by atoms with Crippen LogP contribution in [0.25, 0.3) is 5.69 Å². The summed E-state index contributed by atoms with van der Waals surface area (Å²) in [5, 5.41) is 10.3. The molecule has 5 atom stereocenters. The normalized spacial score (nSPS) is 28.5. The Morgan fingerprint density at radius 3 is 2.87 bits per heavy atom. The number of imidazole rings is 1. The van der Waals surface area contributed by atoms with E-state index >= 15 is 0 Å². The van der Waals surface area contributed by atoms with Crippen LogP contribution in [0.2, 0.25) is 0 Å². The van der Waals surface area contributed by atoms with Gasteiger partial charge in [0.05, 0.1) is 17.9 Å². The molecule has 3 saturated carbocycles. The number of halogens is 2. The molecule has 3 aromatic rings. The molecule has 7 rings (SSSR count). The molecule has 8 heteroatoms. The zero-order chi connectivity index (χ0) is 26.8. The first-order valence-electron chi connectivity index (χ1n) is 14.3. The van der Waals surface area contributed by atoms with Gasteiger partial charge in [-0.25, -0.2) is 13.8 Å². The Balaban J connectivity index is 1.00. The summed E-state index contributed by atoms with van der Waals surface area (Å²) in [5.74, 6) is 0.288. The number of carbonyl (C=O) groups is 1. The summed E-state index contributed by atoms with van der Waals surface area (Å²) < 4.78 is 30.0. The van der Waals surface area contributed by atoms with Crippen LogP contribution in [0, 0.1) is 23.0 Å². The minimum absolute atomic E-state index is 0.0524. The van der Waals surface area contributed by atoms with Gasteiger partial charge in [0.15, 0.2) is 5.82 Å². The number of fused-ring (bicyclic) bond motifs is 1. The highest BCUT2D eigenvalue weighted by Gasteiger charge is 2.88. The van der Waals surface area contributed by atoms with Crippen molar-refractivity contribution >= 4 is 11.7 Å². The molecule has 1 heterocycles. The second kappa shape index (κ2) is 9.24. The molecule has 4 aliphatic carbocycles. The maximum absolute atomic E-state index is 14.4. The summed E-state index contributed by atoms with van der Waals surface area (Å²) in [6.45, 7) is 2.86. The molecule has 3 N–H and O–H groups in total. The molecule has 0 radical (unpaired) electrons. The van der Waals surface area contributed by atoms with Crippen LogP contribution in [0.4, 0.5) is 14.6 Å². The minimum Gasteiger partial charge on any atom is -0.308 e. The number of anilines is 1. The van der Waals surface area contributed by atoms with Crippen molar-refractivity contribution in [3.05, 3.63) is 77.2 Å². The van der Waals surface area contributed by atoms with Crippen molar-refractivity contribution in [3.63, 3.8) is 0 Å². The number of nitrogens with one attached hydrogen (secondary N) is 3. The summed E-state index contributed by atoms with van der Waals surface area (Å²) in [6.07, 6.45) is 10.9. The van der Waals surface area contributed by atoms with Crippen molar-refractivity contribution in [1.29, 1.82) is 0 Å². The molecular weight excluding hydrogens is 496 g/mol. The van der Waals surface area contributed by atoms with Crippen LogP contribution in [0.5, 0.6) is 0 Å². The van der Waals surface area contributed by atoms with Gasteiger partial charge in [-0.1, -0.05) is 31.5 Å². The standard InChI is InChI=1S/C31H35F2N5O/c1-2-5-26(36-23-9-8-19-10-22(32)11-25(33)24(19)12-23)29(39)37-28-16-38(18-34-28)27-7-4-3-6-20(27)15-35-31-14-21-13-30(21,31)17-31/h3-4,6-7,10-11,16,18,21,23,26,35-36H,2,5,8-9,12-15,17H2,1H3,(H,37,39)/t21-,23-,26?,30?,31-/m0/s1. The average Bonchev–Trinajstić information content (AvgIpc) is 3.54. The predicted octanol–water partition coefficient (Wildman–Crippen LogP) is 5.05. The van der Waals surface area contributed by atoms with Crippen LogP contribution in [0.15, 0.2) is 48.9 Å². The monoisotopic (exact) mass is 531 g/mol. The van der Waals surface area contributed by atoms with E-state index in [9.17, 15) is 13.6 Å². The Morgan fingerprint density at radius 1 is 1.23 bits per heavy atom. The number of para-hydroxylation sites is 1. The van der Waals surface area contributed by atoms with Crippen molar-refractivity contribution in [3.8, 4) is 5.69 Å². The van der Waals surface area contributed by atoms with E-state index in [1.807, 2.05) is 23.8 Å². The van der Waals surface area contributed by atoms with Gasteiger partial charge in [-0.05, 0) is 85.1 Å². The van der Waals surface area contributed by atoms with Crippen molar-refractivity contribution in [2.45, 2.75) is 82.5 Å². The molecule has 1 aromatic heterocycles. The van der Waals surface area contributed by atoms with Crippen LogP contribution in [0.1, 0.15) is 62.1 Å². The smallest absolute Gasteiger partial charge is 0.242 e. The highest BCUT2D eigenvalue weighted by molar-refractivity contribution is 5.94. The van der Waals surface area contributed by atoms with Gasteiger partial charge in [0.2, 0.25) is 5.91 Å². The molecule has 1 spiro atoms. The first-order valence-corrected chi connectivity index (χ1v) is 14.3. The second-order valence-electron chi connectivity index (χ2n) is 12.1. The van der Waals surface area contributed by atoms with Crippen LogP contribution in [-0.4, -0.2) is 33.1 Å². The molecule has 0 aliphatic heterocycles. The molecule has 39 heavy (non-hydrogen) atoms. The Morgan fingerprint density at radius 2 is 2.10 bits per heavy atom. The minimum atomic E-state index is -0.537. The molecule has 1 amide bonds. The van der Waals surface area contributed by atoms with Gasteiger partial charge in [-0.3, -0.25) is 4.79 Å². The van der Waals surface area contributed by atoms with E-state index in [-0.39, 0.29) is 11.9 Å². The number of carbonyl (C=O) groups excluding carboxylic acids is 1. The molecule has 204 valence electrons. The lowest BCUT2D eigenvalue weighted by molar-refractivity contribution is -0.118. The SMILES string of the molecule is CCCC(N[C@H]1CCc2cc(F)cc(F)c2C1)C(=O)Nc1cn(-c2ccccc2CN[C@]23C[C@@H]4CC42C3)cn1. The number of benzene rings is 2. The molecule has 4 aliphatic rings. The van der Waals surface area contributed by atoms with Gasteiger partial charge in [-0.2, -0.15) is 0 Å². The fourth-order valence-electron chi connectivity index (χ4n) is 7.52. The van der Waals surface area contributed by atoms with Crippen LogP contribution in [-0.2, 0) is 24.2 Å². The topological polar surface area (TPSA) is 71.0 Å². The van der Waals surface area contributed by atoms with E-state index in [0.717, 1.165) is 42.6 Å². The summed E-state index contributed by atoms with van der Waals surface area (Å²) in [7, 11) is 0. The first-order chi connectivity index (χ1) is 18.9. The average molecular weight is 532 g/mol. The molecular formula is C31H35F2N5O. The molecule has 2 unspecified atom stereocenters. The third-order valence-electron chi connectivity index (χ3n) is 9.79. The summed E-state index contributed by atoms with van der Waals surface area (Å²) in [6, 6.07) is 10.2. The number of hydrogen-bond acceptors (Lipinski definition) is 4. The van der Waals surface area contributed by atoms with E-state index in [2.05, 4.69) is 39.1 Å². The largest absolute Gasteiger partial charge is 0.308 e. The van der Waals surface area contributed by atoms with Crippen molar-refractivity contribution in [2.75, 3.05) is 5.32 Å². The molecule has 3 fully saturated rings. The quantitative estimate of drug-likeness (QED) is 0.343. The zero-order valence-corrected chi connectivity index (χ0v) is 22.3. The number of nitrogens with zero attached hydrogens (tertiary/aromatic N) is 2. The van der Waals surface area contributed by atoms with Gasteiger partial charge < -0.3 is 20.5 Å². The van der Waals surface area contributed by atoms with Crippen molar-refractivity contribution in [2.24, 2.45) is 11.3 Å². The molecule has 6 nitrogen and oxygen atoms in total. The second-order valence-corrected chi connectivity index (χ2v) is 12.1. The summed E-state index contributed by atoms with van der Waals surface area (Å²) >= 11 is 0. The number of aromatic nitrogens is 2. The predicted molar refractivity (Wildman–Crippen MR) is 146 cm³/mol. The zero-order valence-electron chi connectivity index (χ0n) is 22.3. The Hall–Kier alpha value is -3.10. The summed E-state index contributed by atoms with van der Waals surface area (Å²) in [5.41, 5.74) is 4.58. The first kappa shape index (κ1) is 24.9. The maximum atomic E-state index is 14.4. The van der Waals surface area contributed by atoms with Crippen LogP contribution >= 0.6 is 0 Å². The Labute approximate surface area is 227 Å². The lowest BCUT2D eigenvalue weighted by atomic mass is 9.87. The Bertz CT molecular complexity index is 1430. The third-order valence-corrected chi connectivity index (χ3v) is 9.79. The van der Waals surface area contributed by atoms with Gasteiger partial charge in [-0.15, -0.1) is 0 Å². The van der Waals surface area contributed by atoms with Gasteiger partial charge in [0.25, 0.3) is 0 Å². The van der Waals surface area contributed by atoms with Crippen LogP contribution < -0.4 is 16.0 Å². The van der Waals surface area contributed by atoms with E-state index in [1.165, 1.54) is 30.9 Å². The highest BCUT2D eigenvalue weighted by Crippen LogP contribution is 2.89. The van der Waals surface area contributed by atoms with Crippen LogP contribution in [0.3, 0.4) is 0 Å². The van der Waals surface area contributed by atoms with Gasteiger partial charge in [0, 0.05) is 24.2 Å². The lowest BCUT2D eigenvalue weighted by Crippen LogP contribution is -2.48. The fourth-order valence-corrected chi connectivity index (χ4v) is 7.52. The number of amides is 1. The fraction of sp³-hybridized carbons (Fsp3) is 0.484. The number of rotatable bonds is 10. The van der Waals surface area contributed by atoms with E-state index in [4.69, 9.17) is 0 Å². The summed E-state index contributed by atoms with van der Waals surface area (Å²) in [4.78, 5) is 17.8. The van der Waals surface area contributed by atoms with E-state index in [1.54, 1.807) is 6.33 Å². The highest BCUT2D eigenvalue weighted by atomic mass is 19.1. The Kier molecular flexibility index (Phi) is 5.90. The van der Waals surface area contributed by atoms with Gasteiger partial charge >= 0.3 is 0 Å². The van der Waals surface area contributed by atoms with Crippen molar-refractivity contribution in [1.82, 2.24) is 20.2 Å². The number of hydrogen-bond donors (Lipinski definition) is 3. The maximum Gasteiger partial charge on any atom is 0.242 e. The molecule has 0 bridgehead atoms. The van der Waals surface area contributed by atoms with Crippen molar-refractivity contribution < 1.29 is 13.6 Å². The lowest BCUT2D eigenvalue weighted by Gasteiger charge is -2.29. The van der Waals surface area contributed by atoms with E-state index < -0.39 is 17.7 Å². The third kappa shape index (κ3) is 4.28. The van der Waals surface area contributed by atoms with Gasteiger partial charge in [0.1, 0.15) is 18.0 Å². The molecule has 0 saturated heterocycles.